The van der Waals surface area contributed by atoms with Crippen molar-refractivity contribution in [2.75, 3.05) is 0 Å². The molecule has 0 bridgehead atoms. The van der Waals surface area contributed by atoms with Crippen LogP contribution in [0.1, 0.15) is 35.0 Å². The Morgan fingerprint density at radius 1 is 1.21 bits per heavy atom. The first-order valence-electron chi connectivity index (χ1n) is 6.27. The van der Waals surface area contributed by atoms with Crippen LogP contribution in [0.3, 0.4) is 0 Å². The van der Waals surface area contributed by atoms with Gasteiger partial charge in [0.15, 0.2) is 0 Å². The van der Waals surface area contributed by atoms with Gasteiger partial charge in [0.25, 0.3) is 5.91 Å². The van der Waals surface area contributed by atoms with Crippen molar-refractivity contribution in [2.45, 2.75) is 19.8 Å². The third-order valence-corrected chi connectivity index (χ3v) is 3.50. The SMILES string of the molecule is CCC/C(=N/NC(=O)c1cccs1)c1ccccc1. The summed E-state index contributed by atoms with van der Waals surface area (Å²) in [5, 5.41) is 6.14. The monoisotopic (exact) mass is 272 g/mol. The molecule has 0 unspecified atom stereocenters. The maximum Gasteiger partial charge on any atom is 0.281 e. The van der Waals surface area contributed by atoms with E-state index in [-0.39, 0.29) is 5.91 Å². The van der Waals surface area contributed by atoms with E-state index in [1.54, 1.807) is 6.07 Å². The van der Waals surface area contributed by atoms with E-state index >= 15 is 0 Å². The van der Waals surface area contributed by atoms with Gasteiger partial charge in [-0.2, -0.15) is 5.10 Å². The number of nitrogens with zero attached hydrogens (tertiary/aromatic N) is 1. The molecule has 98 valence electrons. The summed E-state index contributed by atoms with van der Waals surface area (Å²) in [6, 6.07) is 13.6. The summed E-state index contributed by atoms with van der Waals surface area (Å²) in [5.41, 5.74) is 4.59. The number of carbonyl (C=O) groups is 1. The molecule has 0 aliphatic heterocycles. The van der Waals surface area contributed by atoms with Gasteiger partial charge in [-0.1, -0.05) is 49.7 Å². The summed E-state index contributed by atoms with van der Waals surface area (Å²) in [7, 11) is 0. The molecule has 0 atom stereocenters. The van der Waals surface area contributed by atoms with Gasteiger partial charge < -0.3 is 0 Å². The number of amides is 1. The molecule has 19 heavy (non-hydrogen) atoms. The van der Waals surface area contributed by atoms with E-state index in [1.807, 2.05) is 41.8 Å². The summed E-state index contributed by atoms with van der Waals surface area (Å²) in [4.78, 5) is 12.5. The Labute approximate surface area is 117 Å². The topological polar surface area (TPSA) is 41.5 Å². The Kier molecular flexibility index (Phi) is 4.86. The van der Waals surface area contributed by atoms with Crippen LogP contribution in [0.25, 0.3) is 0 Å². The normalized spacial score (nSPS) is 11.3. The fourth-order valence-electron chi connectivity index (χ4n) is 1.71. The van der Waals surface area contributed by atoms with Gasteiger partial charge in [0.05, 0.1) is 10.6 Å². The van der Waals surface area contributed by atoms with Crippen LogP contribution in [0.2, 0.25) is 0 Å². The molecule has 4 heteroatoms. The first kappa shape index (κ1) is 13.5. The summed E-state index contributed by atoms with van der Waals surface area (Å²) in [5.74, 6) is -0.153. The minimum atomic E-state index is -0.153. The second-order valence-electron chi connectivity index (χ2n) is 4.09. The second kappa shape index (κ2) is 6.85. The molecule has 0 spiro atoms. The molecule has 0 saturated carbocycles. The highest BCUT2D eigenvalue weighted by molar-refractivity contribution is 7.12. The molecular weight excluding hydrogens is 256 g/mol. The predicted molar refractivity (Wildman–Crippen MR) is 79.7 cm³/mol. The van der Waals surface area contributed by atoms with Crippen LogP contribution < -0.4 is 5.43 Å². The molecular formula is C15H16N2OS. The molecule has 2 aromatic rings. The van der Waals surface area contributed by atoms with Crippen molar-refractivity contribution in [2.24, 2.45) is 5.10 Å². The number of rotatable bonds is 5. The predicted octanol–water partition coefficient (Wildman–Crippen LogP) is 3.68. The van der Waals surface area contributed by atoms with E-state index in [4.69, 9.17) is 0 Å². The van der Waals surface area contributed by atoms with Crippen LogP contribution in [-0.2, 0) is 0 Å². The van der Waals surface area contributed by atoms with Crippen molar-refractivity contribution in [3.63, 3.8) is 0 Å². The van der Waals surface area contributed by atoms with Crippen LogP contribution >= 0.6 is 11.3 Å². The van der Waals surface area contributed by atoms with Crippen molar-refractivity contribution >= 4 is 23.0 Å². The van der Waals surface area contributed by atoms with Crippen molar-refractivity contribution in [1.29, 1.82) is 0 Å². The number of thiophene rings is 1. The lowest BCUT2D eigenvalue weighted by Crippen LogP contribution is -2.19. The van der Waals surface area contributed by atoms with E-state index < -0.39 is 0 Å². The number of hydrogen-bond acceptors (Lipinski definition) is 3. The molecule has 3 nitrogen and oxygen atoms in total. The van der Waals surface area contributed by atoms with E-state index in [9.17, 15) is 4.79 Å². The van der Waals surface area contributed by atoms with E-state index in [0.717, 1.165) is 24.1 Å². The molecule has 0 fully saturated rings. The maximum absolute atomic E-state index is 11.8. The van der Waals surface area contributed by atoms with Gasteiger partial charge in [-0.3, -0.25) is 4.79 Å². The van der Waals surface area contributed by atoms with Gasteiger partial charge >= 0.3 is 0 Å². The van der Waals surface area contributed by atoms with Gasteiger partial charge in [-0.05, 0) is 23.4 Å². The lowest BCUT2D eigenvalue weighted by molar-refractivity contribution is 0.0959. The van der Waals surface area contributed by atoms with E-state index in [0.29, 0.717) is 4.88 Å². The largest absolute Gasteiger partial charge is 0.281 e. The lowest BCUT2D eigenvalue weighted by atomic mass is 10.1. The number of hydrazone groups is 1. The molecule has 1 amide bonds. The molecule has 2 rings (SSSR count). The first-order valence-corrected chi connectivity index (χ1v) is 7.15. The zero-order valence-electron chi connectivity index (χ0n) is 10.8. The standard InChI is InChI=1S/C15H16N2OS/c1-2-7-13(12-8-4-3-5-9-12)16-17-15(18)14-10-6-11-19-14/h3-6,8-11H,2,7H2,1H3,(H,17,18)/b16-13-. The third-order valence-electron chi connectivity index (χ3n) is 2.63. The van der Waals surface area contributed by atoms with Crippen LogP contribution in [0.5, 0.6) is 0 Å². The minimum absolute atomic E-state index is 0.153. The smallest absolute Gasteiger partial charge is 0.266 e. The van der Waals surface area contributed by atoms with Gasteiger partial charge in [0, 0.05) is 0 Å². The van der Waals surface area contributed by atoms with E-state index in [2.05, 4.69) is 17.5 Å². The Morgan fingerprint density at radius 3 is 2.63 bits per heavy atom. The average molecular weight is 272 g/mol. The van der Waals surface area contributed by atoms with Crippen molar-refractivity contribution in [1.82, 2.24) is 5.43 Å². The highest BCUT2D eigenvalue weighted by Gasteiger charge is 2.07. The van der Waals surface area contributed by atoms with Crippen LogP contribution in [0, 0.1) is 0 Å². The molecule has 0 saturated heterocycles. The Bertz CT molecular complexity index is 547. The highest BCUT2D eigenvalue weighted by Crippen LogP contribution is 2.09. The van der Waals surface area contributed by atoms with E-state index in [1.165, 1.54) is 11.3 Å². The molecule has 1 aromatic heterocycles. The summed E-state index contributed by atoms with van der Waals surface area (Å²) in [6.45, 7) is 2.10. The lowest BCUT2D eigenvalue weighted by Gasteiger charge is -2.05. The zero-order chi connectivity index (χ0) is 13.5. The Morgan fingerprint density at radius 2 is 2.00 bits per heavy atom. The fourth-order valence-corrected chi connectivity index (χ4v) is 2.33. The van der Waals surface area contributed by atoms with Gasteiger partial charge in [0.2, 0.25) is 0 Å². The maximum atomic E-state index is 11.8. The fraction of sp³-hybridized carbons (Fsp3) is 0.200. The zero-order valence-corrected chi connectivity index (χ0v) is 11.6. The quantitative estimate of drug-likeness (QED) is 0.654. The number of hydrogen-bond donors (Lipinski definition) is 1. The molecule has 1 aromatic carbocycles. The Hall–Kier alpha value is -1.94. The molecule has 1 heterocycles. The van der Waals surface area contributed by atoms with Crippen molar-refractivity contribution in [3.05, 3.63) is 58.3 Å². The minimum Gasteiger partial charge on any atom is -0.266 e. The summed E-state index contributed by atoms with van der Waals surface area (Å²) >= 11 is 1.41. The second-order valence-corrected chi connectivity index (χ2v) is 5.04. The van der Waals surface area contributed by atoms with Gasteiger partial charge in [-0.15, -0.1) is 11.3 Å². The molecule has 1 N–H and O–H groups in total. The van der Waals surface area contributed by atoms with Gasteiger partial charge in [-0.25, -0.2) is 5.43 Å². The van der Waals surface area contributed by atoms with Crippen LogP contribution in [-0.4, -0.2) is 11.6 Å². The Balaban J connectivity index is 2.11. The first-order chi connectivity index (χ1) is 9.31. The van der Waals surface area contributed by atoms with Crippen LogP contribution in [0.4, 0.5) is 0 Å². The van der Waals surface area contributed by atoms with Crippen LogP contribution in [0.15, 0.2) is 52.9 Å². The number of benzene rings is 1. The number of carbonyl (C=O) groups excluding carboxylic acids is 1. The molecule has 0 aliphatic carbocycles. The molecule has 0 radical (unpaired) electrons. The van der Waals surface area contributed by atoms with Crippen molar-refractivity contribution in [3.8, 4) is 0 Å². The van der Waals surface area contributed by atoms with Crippen molar-refractivity contribution < 1.29 is 4.79 Å². The molecule has 0 aliphatic rings. The number of nitrogens with one attached hydrogen (secondary N) is 1. The third kappa shape index (κ3) is 3.76. The average Bonchev–Trinajstić information content (AvgIpc) is 2.98. The van der Waals surface area contributed by atoms with Gasteiger partial charge in [0.1, 0.15) is 0 Å². The summed E-state index contributed by atoms with van der Waals surface area (Å²) in [6.07, 6.45) is 1.83. The highest BCUT2D eigenvalue weighted by atomic mass is 32.1. The summed E-state index contributed by atoms with van der Waals surface area (Å²) < 4.78 is 0.